The Balaban J connectivity index is 1.82. The lowest BCUT2D eigenvalue weighted by Gasteiger charge is -2.00. The van der Waals surface area contributed by atoms with Gasteiger partial charge in [-0.25, -0.2) is 5.43 Å². The van der Waals surface area contributed by atoms with Crippen molar-refractivity contribution in [3.63, 3.8) is 0 Å². The molecule has 116 valence electrons. The van der Waals surface area contributed by atoms with Crippen LogP contribution < -0.4 is 5.43 Å². The van der Waals surface area contributed by atoms with Gasteiger partial charge < -0.3 is 4.57 Å². The summed E-state index contributed by atoms with van der Waals surface area (Å²) in [6.07, 6.45) is 1.71. The van der Waals surface area contributed by atoms with Crippen LogP contribution in [0.3, 0.4) is 0 Å². The smallest absolute Gasteiger partial charge is 0.271 e. The lowest BCUT2D eigenvalue weighted by molar-refractivity contribution is 0.0955. The van der Waals surface area contributed by atoms with E-state index in [1.165, 1.54) is 0 Å². The van der Waals surface area contributed by atoms with Gasteiger partial charge in [0.15, 0.2) is 0 Å². The molecule has 0 aliphatic heterocycles. The van der Waals surface area contributed by atoms with Crippen LogP contribution in [0.5, 0.6) is 0 Å². The largest absolute Gasteiger partial charge is 0.347 e. The first kappa shape index (κ1) is 15.7. The summed E-state index contributed by atoms with van der Waals surface area (Å²) in [6.45, 7) is 2.04. The monoisotopic (exact) mass is 417 g/mol. The van der Waals surface area contributed by atoms with Gasteiger partial charge in [0.2, 0.25) is 0 Å². The Morgan fingerprint density at radius 3 is 2.61 bits per heavy atom. The normalized spacial score (nSPS) is 11.3. The van der Waals surface area contributed by atoms with Crippen LogP contribution in [0.1, 0.15) is 21.6 Å². The summed E-state index contributed by atoms with van der Waals surface area (Å²) in [6, 6.07) is 15.5. The van der Waals surface area contributed by atoms with Gasteiger partial charge in [-0.3, -0.25) is 4.79 Å². The number of carbonyl (C=O) groups excluding carboxylic acids is 1. The van der Waals surface area contributed by atoms with Gasteiger partial charge in [0.1, 0.15) is 0 Å². The molecule has 0 fully saturated rings. The second-order valence-corrected chi connectivity index (χ2v) is 6.53. The number of carbonyl (C=O) groups is 1. The fraction of sp³-hybridized carbons (Fsp3) is 0.111. The summed E-state index contributed by atoms with van der Waals surface area (Å²) in [5, 5.41) is 5.25. The van der Waals surface area contributed by atoms with E-state index in [0.717, 1.165) is 25.7 Å². The molecule has 0 aliphatic rings. The average molecular weight is 417 g/mol. The Morgan fingerprint density at radius 1 is 1.17 bits per heavy atom. The second kappa shape index (κ2) is 6.54. The van der Waals surface area contributed by atoms with Gasteiger partial charge in [-0.15, -0.1) is 0 Å². The summed E-state index contributed by atoms with van der Waals surface area (Å²) in [5.41, 5.74) is 6.46. The number of hydrazone groups is 1. The first-order valence-corrected chi connectivity index (χ1v) is 8.29. The van der Waals surface area contributed by atoms with E-state index in [2.05, 4.69) is 49.8 Å². The van der Waals surface area contributed by atoms with Crippen molar-refractivity contribution in [1.82, 2.24) is 9.99 Å². The first-order valence-electron chi connectivity index (χ1n) is 7.21. The van der Waals surface area contributed by atoms with E-state index in [1.807, 2.05) is 38.2 Å². The van der Waals surface area contributed by atoms with E-state index in [1.54, 1.807) is 18.3 Å². The number of nitrogens with one attached hydrogen (secondary N) is 1. The molecule has 0 aliphatic carbocycles. The average Bonchev–Trinajstić information content (AvgIpc) is 2.81. The van der Waals surface area contributed by atoms with Crippen LogP contribution in [0.2, 0.25) is 0 Å². The van der Waals surface area contributed by atoms with Crippen LogP contribution in [0, 0.1) is 10.5 Å². The van der Waals surface area contributed by atoms with Crippen LogP contribution in [0.15, 0.2) is 53.6 Å². The molecule has 0 saturated carbocycles. The number of hydrogen-bond donors (Lipinski definition) is 1. The van der Waals surface area contributed by atoms with Crippen LogP contribution >= 0.6 is 22.6 Å². The van der Waals surface area contributed by atoms with E-state index in [0.29, 0.717) is 5.56 Å². The zero-order valence-electron chi connectivity index (χ0n) is 12.9. The van der Waals surface area contributed by atoms with Gasteiger partial charge in [-0.2, -0.15) is 5.10 Å². The van der Waals surface area contributed by atoms with Crippen LogP contribution in [-0.4, -0.2) is 16.7 Å². The van der Waals surface area contributed by atoms with Crippen LogP contribution in [-0.2, 0) is 7.05 Å². The number of amides is 1. The molecule has 1 amide bonds. The Hall–Kier alpha value is -2.15. The molecular weight excluding hydrogens is 401 g/mol. The Morgan fingerprint density at radius 2 is 1.87 bits per heavy atom. The van der Waals surface area contributed by atoms with Crippen molar-refractivity contribution < 1.29 is 4.79 Å². The highest BCUT2D eigenvalue weighted by molar-refractivity contribution is 14.1. The van der Waals surface area contributed by atoms with Crippen molar-refractivity contribution in [2.24, 2.45) is 12.1 Å². The number of aryl methyl sites for hydroxylation is 1. The molecule has 0 radical (unpaired) electrons. The van der Waals surface area contributed by atoms with Crippen molar-refractivity contribution in [2.75, 3.05) is 0 Å². The highest BCUT2D eigenvalue weighted by atomic mass is 127. The molecule has 23 heavy (non-hydrogen) atoms. The highest BCUT2D eigenvalue weighted by Gasteiger charge is 2.09. The molecule has 2 aromatic carbocycles. The molecule has 0 unspecified atom stereocenters. The van der Waals surface area contributed by atoms with E-state index < -0.39 is 0 Å². The summed E-state index contributed by atoms with van der Waals surface area (Å²) >= 11 is 2.21. The fourth-order valence-electron chi connectivity index (χ4n) is 2.53. The second-order valence-electron chi connectivity index (χ2n) is 5.28. The highest BCUT2D eigenvalue weighted by Crippen LogP contribution is 2.22. The predicted molar refractivity (Wildman–Crippen MR) is 102 cm³/mol. The SMILES string of the molecule is Cc1c(/C=N\NC(=O)c2ccc(I)cc2)c2ccccc2n1C. The van der Waals surface area contributed by atoms with Gasteiger partial charge >= 0.3 is 0 Å². The third-order valence-electron chi connectivity index (χ3n) is 3.91. The zero-order valence-corrected chi connectivity index (χ0v) is 15.0. The molecule has 0 saturated heterocycles. The summed E-state index contributed by atoms with van der Waals surface area (Å²) in [5.74, 6) is -0.212. The molecule has 5 heteroatoms. The molecule has 4 nitrogen and oxygen atoms in total. The predicted octanol–water partition coefficient (Wildman–Crippen LogP) is 3.86. The van der Waals surface area contributed by atoms with Crippen LogP contribution in [0.4, 0.5) is 0 Å². The number of para-hydroxylation sites is 1. The Labute approximate surface area is 148 Å². The molecule has 3 rings (SSSR count). The number of nitrogens with zero attached hydrogens (tertiary/aromatic N) is 2. The van der Waals surface area contributed by atoms with Crippen LogP contribution in [0.25, 0.3) is 10.9 Å². The minimum absolute atomic E-state index is 0.212. The molecule has 0 bridgehead atoms. The molecule has 1 N–H and O–H groups in total. The lowest BCUT2D eigenvalue weighted by Crippen LogP contribution is -2.17. The standard InChI is InChI=1S/C18H16IN3O/c1-12-16(15-5-3-4-6-17(15)22(12)2)11-20-21-18(23)13-7-9-14(19)10-8-13/h3-11H,1-2H3,(H,21,23)/b20-11-. The summed E-state index contributed by atoms with van der Waals surface area (Å²) in [4.78, 5) is 12.1. The number of rotatable bonds is 3. The first-order chi connectivity index (χ1) is 11.1. The number of fused-ring (bicyclic) bond motifs is 1. The quantitative estimate of drug-likeness (QED) is 0.393. The van der Waals surface area contributed by atoms with Gasteiger partial charge in [0, 0.05) is 38.3 Å². The maximum Gasteiger partial charge on any atom is 0.271 e. The van der Waals surface area contributed by atoms with Crippen molar-refractivity contribution in [3.05, 3.63) is 68.9 Å². The Kier molecular flexibility index (Phi) is 4.47. The molecule has 0 atom stereocenters. The van der Waals surface area contributed by atoms with Gasteiger partial charge in [-0.05, 0) is 59.8 Å². The van der Waals surface area contributed by atoms with E-state index in [4.69, 9.17) is 0 Å². The topological polar surface area (TPSA) is 46.4 Å². The van der Waals surface area contributed by atoms with Gasteiger partial charge in [-0.1, -0.05) is 18.2 Å². The zero-order chi connectivity index (χ0) is 16.4. The maximum atomic E-state index is 12.1. The maximum absolute atomic E-state index is 12.1. The summed E-state index contributed by atoms with van der Waals surface area (Å²) < 4.78 is 3.21. The minimum atomic E-state index is -0.212. The fourth-order valence-corrected chi connectivity index (χ4v) is 2.89. The number of benzene rings is 2. The number of aromatic nitrogens is 1. The third kappa shape index (κ3) is 3.14. The van der Waals surface area contributed by atoms with Crippen molar-refractivity contribution >= 4 is 45.6 Å². The molecule has 1 aromatic heterocycles. The van der Waals surface area contributed by atoms with Gasteiger partial charge in [0.05, 0.1) is 6.21 Å². The van der Waals surface area contributed by atoms with Crippen molar-refractivity contribution in [2.45, 2.75) is 6.92 Å². The van der Waals surface area contributed by atoms with Gasteiger partial charge in [0.25, 0.3) is 5.91 Å². The van der Waals surface area contributed by atoms with Crippen molar-refractivity contribution in [3.8, 4) is 0 Å². The van der Waals surface area contributed by atoms with E-state index in [-0.39, 0.29) is 5.91 Å². The molecule has 0 spiro atoms. The lowest BCUT2D eigenvalue weighted by atomic mass is 10.1. The number of hydrogen-bond acceptors (Lipinski definition) is 2. The van der Waals surface area contributed by atoms with Crippen molar-refractivity contribution in [1.29, 1.82) is 0 Å². The number of halogens is 1. The molecular formula is C18H16IN3O. The van der Waals surface area contributed by atoms with E-state index in [9.17, 15) is 4.79 Å². The van der Waals surface area contributed by atoms with E-state index >= 15 is 0 Å². The summed E-state index contributed by atoms with van der Waals surface area (Å²) in [7, 11) is 2.03. The third-order valence-corrected chi connectivity index (χ3v) is 4.63. The molecule has 3 aromatic rings. The minimum Gasteiger partial charge on any atom is -0.347 e. The Bertz CT molecular complexity index is 895. The molecule has 1 heterocycles.